The van der Waals surface area contributed by atoms with Gasteiger partial charge in [0.2, 0.25) is 0 Å². The van der Waals surface area contributed by atoms with Crippen molar-refractivity contribution in [1.82, 2.24) is 15.3 Å². The Morgan fingerprint density at radius 2 is 2.20 bits per heavy atom. The largest absolute Gasteiger partial charge is 0.492 e. The lowest BCUT2D eigenvalue weighted by atomic mass is 10.2. The first-order chi connectivity index (χ1) is 9.70. The lowest BCUT2D eigenvalue weighted by molar-refractivity contribution is 0.333. The highest BCUT2D eigenvalue weighted by molar-refractivity contribution is 9.11. The first-order valence-electron chi connectivity index (χ1n) is 6.50. The SMILES string of the molecule is CCOc1c(Br)cc(Br)cc1CNCCc1ncc[nH]1. The van der Waals surface area contributed by atoms with Crippen molar-refractivity contribution >= 4 is 31.9 Å². The molecule has 1 aromatic heterocycles. The molecule has 2 rings (SSSR count). The molecule has 6 heteroatoms. The molecular weight excluding hydrogens is 386 g/mol. The van der Waals surface area contributed by atoms with Crippen LogP contribution >= 0.6 is 31.9 Å². The third kappa shape index (κ3) is 4.33. The number of halogens is 2. The maximum Gasteiger partial charge on any atom is 0.138 e. The summed E-state index contributed by atoms with van der Waals surface area (Å²) in [6, 6.07) is 4.08. The van der Waals surface area contributed by atoms with Crippen molar-refractivity contribution in [3.63, 3.8) is 0 Å². The minimum absolute atomic E-state index is 0.652. The molecule has 0 bridgehead atoms. The minimum Gasteiger partial charge on any atom is -0.492 e. The standard InChI is InChI=1S/C14H17Br2N3O/c1-2-20-14-10(7-11(15)8-12(14)16)9-17-4-3-13-18-5-6-19-13/h5-8,17H,2-4,9H2,1H3,(H,18,19). The summed E-state index contributed by atoms with van der Waals surface area (Å²) >= 11 is 7.05. The van der Waals surface area contributed by atoms with Gasteiger partial charge in [-0.2, -0.15) is 0 Å². The number of nitrogens with one attached hydrogen (secondary N) is 2. The molecule has 0 saturated heterocycles. The van der Waals surface area contributed by atoms with Crippen molar-refractivity contribution in [2.75, 3.05) is 13.2 Å². The fourth-order valence-electron chi connectivity index (χ4n) is 1.92. The molecule has 0 fully saturated rings. The topological polar surface area (TPSA) is 49.9 Å². The second-order valence-electron chi connectivity index (χ2n) is 4.27. The molecule has 0 aliphatic carbocycles. The van der Waals surface area contributed by atoms with Crippen LogP contribution in [0.4, 0.5) is 0 Å². The fraction of sp³-hybridized carbons (Fsp3) is 0.357. The van der Waals surface area contributed by atoms with Gasteiger partial charge in [-0.15, -0.1) is 0 Å². The summed E-state index contributed by atoms with van der Waals surface area (Å²) in [6.07, 6.45) is 4.49. The summed E-state index contributed by atoms with van der Waals surface area (Å²) in [5, 5.41) is 3.41. The predicted octanol–water partition coefficient (Wildman–Crippen LogP) is 3.67. The van der Waals surface area contributed by atoms with Crippen LogP contribution in [0.3, 0.4) is 0 Å². The highest BCUT2D eigenvalue weighted by Gasteiger charge is 2.09. The molecule has 0 saturated carbocycles. The number of hydrogen-bond donors (Lipinski definition) is 2. The Morgan fingerprint density at radius 1 is 1.35 bits per heavy atom. The van der Waals surface area contributed by atoms with Crippen molar-refractivity contribution in [1.29, 1.82) is 0 Å². The van der Waals surface area contributed by atoms with Crippen LogP contribution in [0.15, 0.2) is 33.5 Å². The van der Waals surface area contributed by atoms with Crippen LogP contribution in [0.1, 0.15) is 18.3 Å². The number of hydrogen-bond acceptors (Lipinski definition) is 3. The van der Waals surface area contributed by atoms with E-state index in [0.29, 0.717) is 6.61 Å². The van der Waals surface area contributed by atoms with Gasteiger partial charge in [0.25, 0.3) is 0 Å². The van der Waals surface area contributed by atoms with Gasteiger partial charge in [-0.1, -0.05) is 15.9 Å². The van der Waals surface area contributed by atoms with Gasteiger partial charge in [0.05, 0.1) is 11.1 Å². The van der Waals surface area contributed by atoms with E-state index in [0.717, 1.165) is 45.6 Å². The number of rotatable bonds is 7. The molecular formula is C14H17Br2N3O. The van der Waals surface area contributed by atoms with Crippen LogP contribution in [-0.2, 0) is 13.0 Å². The minimum atomic E-state index is 0.652. The number of benzene rings is 1. The number of aromatic nitrogens is 2. The van der Waals surface area contributed by atoms with E-state index >= 15 is 0 Å². The second kappa shape index (κ2) is 7.81. The molecule has 0 radical (unpaired) electrons. The summed E-state index contributed by atoms with van der Waals surface area (Å²) in [5.74, 6) is 1.90. The maximum atomic E-state index is 5.70. The molecule has 0 spiro atoms. The molecule has 108 valence electrons. The van der Waals surface area contributed by atoms with E-state index in [1.807, 2.05) is 19.2 Å². The Kier molecular flexibility index (Phi) is 6.06. The van der Waals surface area contributed by atoms with E-state index in [2.05, 4.69) is 53.2 Å². The Hall–Kier alpha value is -0.850. The van der Waals surface area contributed by atoms with Crippen LogP contribution in [-0.4, -0.2) is 23.1 Å². The zero-order valence-corrected chi connectivity index (χ0v) is 14.4. The highest BCUT2D eigenvalue weighted by atomic mass is 79.9. The summed E-state index contributed by atoms with van der Waals surface area (Å²) in [7, 11) is 0. The molecule has 2 N–H and O–H groups in total. The van der Waals surface area contributed by atoms with Gasteiger partial charge in [-0.3, -0.25) is 0 Å². The van der Waals surface area contributed by atoms with Crippen molar-refractivity contribution in [3.05, 3.63) is 44.9 Å². The number of ether oxygens (including phenoxy) is 1. The summed E-state index contributed by atoms with van der Waals surface area (Å²) in [4.78, 5) is 7.30. The monoisotopic (exact) mass is 401 g/mol. The highest BCUT2D eigenvalue weighted by Crippen LogP contribution is 2.32. The van der Waals surface area contributed by atoms with Crippen LogP contribution < -0.4 is 10.1 Å². The molecule has 2 aromatic rings. The zero-order valence-electron chi connectivity index (χ0n) is 11.2. The van der Waals surface area contributed by atoms with Crippen molar-refractivity contribution in [2.45, 2.75) is 19.9 Å². The van der Waals surface area contributed by atoms with Crippen LogP contribution in [0.2, 0.25) is 0 Å². The normalized spacial score (nSPS) is 10.8. The van der Waals surface area contributed by atoms with Gasteiger partial charge < -0.3 is 15.0 Å². The Morgan fingerprint density at radius 3 is 2.90 bits per heavy atom. The molecule has 20 heavy (non-hydrogen) atoms. The molecule has 0 aliphatic heterocycles. The number of aromatic amines is 1. The predicted molar refractivity (Wildman–Crippen MR) is 87.0 cm³/mol. The molecule has 1 aromatic carbocycles. The summed E-state index contributed by atoms with van der Waals surface area (Å²) in [6.45, 7) is 4.26. The number of imidazole rings is 1. The quantitative estimate of drug-likeness (QED) is 0.694. The van der Waals surface area contributed by atoms with E-state index in [9.17, 15) is 0 Å². The molecule has 4 nitrogen and oxygen atoms in total. The van der Waals surface area contributed by atoms with E-state index in [-0.39, 0.29) is 0 Å². The molecule has 0 amide bonds. The molecule has 0 atom stereocenters. The summed E-state index contributed by atoms with van der Waals surface area (Å²) < 4.78 is 7.71. The molecule has 0 aliphatic rings. The maximum absolute atomic E-state index is 5.70. The van der Waals surface area contributed by atoms with Gasteiger partial charge in [0.1, 0.15) is 11.6 Å². The first-order valence-corrected chi connectivity index (χ1v) is 8.09. The van der Waals surface area contributed by atoms with E-state index in [1.165, 1.54) is 0 Å². The Bertz CT molecular complexity index is 544. The molecule has 1 heterocycles. The average molecular weight is 403 g/mol. The lowest BCUT2D eigenvalue weighted by Gasteiger charge is -2.13. The van der Waals surface area contributed by atoms with Gasteiger partial charge >= 0.3 is 0 Å². The van der Waals surface area contributed by atoms with E-state index in [4.69, 9.17) is 4.74 Å². The van der Waals surface area contributed by atoms with Crippen LogP contribution in [0.25, 0.3) is 0 Å². The van der Waals surface area contributed by atoms with Gasteiger partial charge in [-0.05, 0) is 35.0 Å². The van der Waals surface area contributed by atoms with Crippen molar-refractivity contribution < 1.29 is 4.74 Å². The zero-order chi connectivity index (χ0) is 14.4. The summed E-state index contributed by atoms with van der Waals surface area (Å²) in [5.41, 5.74) is 1.13. The third-order valence-corrected chi connectivity index (χ3v) is 3.83. The molecule has 0 unspecified atom stereocenters. The Labute approximate surface area is 135 Å². The Balaban J connectivity index is 1.94. The number of nitrogens with zero attached hydrogens (tertiary/aromatic N) is 1. The van der Waals surface area contributed by atoms with Gasteiger partial charge in [-0.25, -0.2) is 4.98 Å². The van der Waals surface area contributed by atoms with Crippen LogP contribution in [0, 0.1) is 0 Å². The van der Waals surface area contributed by atoms with E-state index < -0.39 is 0 Å². The van der Waals surface area contributed by atoms with Gasteiger partial charge in [0.15, 0.2) is 0 Å². The fourth-order valence-corrected chi connectivity index (χ4v) is 3.34. The van der Waals surface area contributed by atoms with Crippen molar-refractivity contribution in [3.8, 4) is 5.75 Å². The van der Waals surface area contributed by atoms with Gasteiger partial charge in [0, 0.05) is 41.9 Å². The van der Waals surface area contributed by atoms with E-state index in [1.54, 1.807) is 6.20 Å². The average Bonchev–Trinajstić information content (AvgIpc) is 2.91. The van der Waals surface area contributed by atoms with Crippen molar-refractivity contribution in [2.24, 2.45) is 0 Å². The second-order valence-corrected chi connectivity index (χ2v) is 6.04. The lowest BCUT2D eigenvalue weighted by Crippen LogP contribution is -2.18. The van der Waals surface area contributed by atoms with Crippen LogP contribution in [0.5, 0.6) is 5.75 Å². The number of H-pyrrole nitrogens is 1. The smallest absolute Gasteiger partial charge is 0.138 e. The third-order valence-electron chi connectivity index (χ3n) is 2.78. The first kappa shape index (κ1) is 15.5.